The van der Waals surface area contributed by atoms with Crippen LogP contribution in [0, 0.1) is 13.8 Å². The van der Waals surface area contributed by atoms with Gasteiger partial charge in [0.1, 0.15) is 13.1 Å². The lowest BCUT2D eigenvalue weighted by Gasteiger charge is -2.16. The molecule has 2 aromatic rings. The molecule has 2 atom stereocenters. The zero-order valence-corrected chi connectivity index (χ0v) is 17.9. The van der Waals surface area contributed by atoms with Crippen molar-refractivity contribution in [3.05, 3.63) is 52.3 Å². The molecule has 1 aliphatic heterocycles. The van der Waals surface area contributed by atoms with Crippen molar-refractivity contribution in [1.29, 1.82) is 0 Å². The van der Waals surface area contributed by atoms with Crippen LogP contribution in [0.15, 0.2) is 24.3 Å². The minimum atomic E-state index is -2.90. The molecular weight excluding hydrogens is 358 g/mol. The first-order chi connectivity index (χ1) is 12.7. The fraction of sp³-hybridized carbons (Fsp3) is 0.571. The molecule has 2 heterocycles. The Morgan fingerprint density at radius 1 is 1.19 bits per heavy atom. The third-order valence-corrected chi connectivity index (χ3v) is 7.41. The van der Waals surface area contributed by atoms with E-state index in [0.29, 0.717) is 12.3 Å². The summed E-state index contributed by atoms with van der Waals surface area (Å²) < 4.78 is 25.6. The van der Waals surface area contributed by atoms with Gasteiger partial charge in [0.15, 0.2) is 9.84 Å². The Labute approximate surface area is 163 Å². The van der Waals surface area contributed by atoms with Gasteiger partial charge in [-0.15, -0.1) is 0 Å². The van der Waals surface area contributed by atoms with Gasteiger partial charge in [-0.25, -0.2) is 8.42 Å². The molecule has 1 fully saturated rings. The maximum Gasteiger partial charge on any atom is 0.152 e. The molecule has 0 saturated carbocycles. The molecule has 0 bridgehead atoms. The van der Waals surface area contributed by atoms with Gasteiger partial charge < -0.3 is 4.90 Å². The Kier molecular flexibility index (Phi) is 5.77. The van der Waals surface area contributed by atoms with Gasteiger partial charge in [0, 0.05) is 11.3 Å². The maximum absolute atomic E-state index is 11.8. The number of nitrogens with zero attached hydrogens (tertiary/aromatic N) is 2. The van der Waals surface area contributed by atoms with E-state index in [1.807, 2.05) is 11.6 Å². The standard InChI is InChI=1S/C21H31N3O2S/c1-15(2)19-8-6-18(7-9-19)12-23(5)13-21-16(3)22-24(17(21)4)20-10-11-27(25,26)14-20/h6-9,15,20H,10-14H2,1-5H3/p+1/t20-/m0/s1. The molecule has 0 radical (unpaired) electrons. The second-order valence-corrected chi connectivity index (χ2v) is 10.6. The number of nitrogens with one attached hydrogen (secondary N) is 1. The van der Waals surface area contributed by atoms with Crippen LogP contribution in [0.5, 0.6) is 0 Å². The average Bonchev–Trinajstić information content (AvgIpc) is 3.09. The molecule has 148 valence electrons. The van der Waals surface area contributed by atoms with Crippen molar-refractivity contribution in [1.82, 2.24) is 9.78 Å². The lowest BCUT2D eigenvalue weighted by atomic mass is 10.0. The number of benzene rings is 1. The van der Waals surface area contributed by atoms with E-state index >= 15 is 0 Å². The predicted molar refractivity (Wildman–Crippen MR) is 109 cm³/mol. The lowest BCUT2D eigenvalue weighted by Crippen LogP contribution is -3.06. The Morgan fingerprint density at radius 2 is 1.85 bits per heavy atom. The number of hydrogen-bond acceptors (Lipinski definition) is 3. The Balaban J connectivity index is 1.70. The van der Waals surface area contributed by atoms with E-state index in [1.165, 1.54) is 21.6 Å². The topological polar surface area (TPSA) is 56.4 Å². The van der Waals surface area contributed by atoms with Crippen LogP contribution in [-0.2, 0) is 22.9 Å². The molecule has 1 aliphatic rings. The number of rotatable bonds is 6. The maximum atomic E-state index is 11.8. The van der Waals surface area contributed by atoms with Crippen molar-refractivity contribution < 1.29 is 13.3 Å². The van der Waals surface area contributed by atoms with Gasteiger partial charge >= 0.3 is 0 Å². The van der Waals surface area contributed by atoms with Crippen molar-refractivity contribution in [3.8, 4) is 0 Å². The smallest absolute Gasteiger partial charge is 0.152 e. The van der Waals surface area contributed by atoms with Crippen LogP contribution in [0.2, 0.25) is 0 Å². The zero-order valence-electron chi connectivity index (χ0n) is 17.1. The summed E-state index contributed by atoms with van der Waals surface area (Å²) in [6.45, 7) is 10.4. The van der Waals surface area contributed by atoms with Gasteiger partial charge in [-0.2, -0.15) is 5.10 Å². The Bertz CT molecular complexity index is 898. The van der Waals surface area contributed by atoms with Gasteiger partial charge in [-0.3, -0.25) is 4.68 Å². The van der Waals surface area contributed by atoms with E-state index in [-0.39, 0.29) is 17.5 Å². The van der Waals surface area contributed by atoms with Crippen LogP contribution in [0.4, 0.5) is 0 Å². The minimum absolute atomic E-state index is 0.00802. The number of aromatic nitrogens is 2. The highest BCUT2D eigenvalue weighted by atomic mass is 32.2. The number of sulfone groups is 1. The summed E-state index contributed by atoms with van der Waals surface area (Å²) >= 11 is 0. The van der Waals surface area contributed by atoms with Crippen molar-refractivity contribution in [2.24, 2.45) is 0 Å². The Morgan fingerprint density at radius 3 is 2.41 bits per heavy atom. The highest BCUT2D eigenvalue weighted by Crippen LogP contribution is 2.26. The molecule has 5 nitrogen and oxygen atoms in total. The Hall–Kier alpha value is -1.66. The highest BCUT2D eigenvalue weighted by molar-refractivity contribution is 7.91. The van der Waals surface area contributed by atoms with Crippen LogP contribution >= 0.6 is 0 Å². The van der Waals surface area contributed by atoms with Crippen molar-refractivity contribution in [2.75, 3.05) is 18.6 Å². The van der Waals surface area contributed by atoms with E-state index in [0.717, 1.165) is 24.5 Å². The van der Waals surface area contributed by atoms with Crippen LogP contribution in [0.25, 0.3) is 0 Å². The van der Waals surface area contributed by atoms with Gasteiger partial charge in [0.25, 0.3) is 0 Å². The molecule has 1 unspecified atom stereocenters. The van der Waals surface area contributed by atoms with Crippen LogP contribution in [0.3, 0.4) is 0 Å². The first-order valence-electron chi connectivity index (χ1n) is 9.81. The second kappa shape index (κ2) is 7.76. The summed E-state index contributed by atoms with van der Waals surface area (Å²) in [7, 11) is -0.703. The fourth-order valence-electron chi connectivity index (χ4n) is 4.01. The third kappa shape index (κ3) is 4.61. The van der Waals surface area contributed by atoms with E-state index in [4.69, 9.17) is 0 Å². The highest BCUT2D eigenvalue weighted by Gasteiger charge is 2.31. The molecule has 27 heavy (non-hydrogen) atoms. The second-order valence-electron chi connectivity index (χ2n) is 8.36. The summed E-state index contributed by atoms with van der Waals surface area (Å²) in [6, 6.07) is 8.90. The van der Waals surface area contributed by atoms with Crippen molar-refractivity contribution in [3.63, 3.8) is 0 Å². The van der Waals surface area contributed by atoms with Gasteiger partial charge in [0.05, 0.1) is 35.9 Å². The zero-order chi connectivity index (χ0) is 19.8. The average molecular weight is 391 g/mol. The predicted octanol–water partition coefficient (Wildman–Crippen LogP) is 2.20. The summed E-state index contributed by atoms with van der Waals surface area (Å²) in [5, 5.41) is 4.69. The van der Waals surface area contributed by atoms with Gasteiger partial charge in [0.2, 0.25) is 0 Å². The fourth-order valence-corrected chi connectivity index (χ4v) is 5.70. The minimum Gasteiger partial charge on any atom is -0.330 e. The van der Waals surface area contributed by atoms with E-state index in [2.05, 4.69) is 57.2 Å². The SMILES string of the molecule is Cc1nn([C@H]2CCS(=O)(=O)C2)c(C)c1C[NH+](C)Cc1ccc(C(C)C)cc1. The van der Waals surface area contributed by atoms with E-state index < -0.39 is 9.84 Å². The molecule has 6 heteroatoms. The number of aryl methyl sites for hydroxylation is 1. The molecule has 1 saturated heterocycles. The molecule has 3 rings (SSSR count). The van der Waals surface area contributed by atoms with Crippen molar-refractivity contribution in [2.45, 2.75) is 59.2 Å². The summed E-state index contributed by atoms with van der Waals surface area (Å²) in [6.07, 6.45) is 0.675. The molecule has 1 N–H and O–H groups in total. The van der Waals surface area contributed by atoms with E-state index in [1.54, 1.807) is 0 Å². The lowest BCUT2D eigenvalue weighted by molar-refractivity contribution is -0.907. The molecule has 0 aliphatic carbocycles. The quantitative estimate of drug-likeness (QED) is 0.823. The number of quaternary nitrogens is 1. The third-order valence-electron chi connectivity index (χ3n) is 5.66. The van der Waals surface area contributed by atoms with Crippen LogP contribution in [-0.4, -0.2) is 36.8 Å². The summed E-state index contributed by atoms with van der Waals surface area (Å²) in [5.74, 6) is 1.06. The molecule has 1 aromatic carbocycles. The molecular formula is C21H32N3O2S+. The largest absolute Gasteiger partial charge is 0.330 e. The van der Waals surface area contributed by atoms with Crippen molar-refractivity contribution >= 4 is 9.84 Å². The van der Waals surface area contributed by atoms with E-state index in [9.17, 15) is 8.42 Å². The van der Waals surface area contributed by atoms with Crippen LogP contribution < -0.4 is 4.90 Å². The molecule has 0 amide bonds. The first kappa shape index (κ1) is 20.1. The van der Waals surface area contributed by atoms with Crippen LogP contribution in [0.1, 0.15) is 60.3 Å². The normalized spacial score (nSPS) is 20.3. The summed E-state index contributed by atoms with van der Waals surface area (Å²) in [4.78, 5) is 1.40. The van der Waals surface area contributed by atoms with Gasteiger partial charge in [-0.1, -0.05) is 38.1 Å². The van der Waals surface area contributed by atoms with Gasteiger partial charge in [-0.05, 0) is 31.7 Å². The monoisotopic (exact) mass is 390 g/mol. The molecule has 0 spiro atoms. The summed E-state index contributed by atoms with van der Waals surface area (Å²) in [5.41, 5.74) is 6.09. The first-order valence-corrected chi connectivity index (χ1v) is 11.6. The number of hydrogen-bond donors (Lipinski definition) is 1. The molecule has 1 aromatic heterocycles.